The number of aliphatic imine (C=N–C) groups is 1. The quantitative estimate of drug-likeness (QED) is 0.553. The summed E-state index contributed by atoms with van der Waals surface area (Å²) in [6.07, 6.45) is 3.80. The van der Waals surface area contributed by atoms with E-state index in [1.807, 2.05) is 42.8 Å². The summed E-state index contributed by atoms with van der Waals surface area (Å²) < 4.78 is 1.92. The molecule has 0 aliphatic heterocycles. The van der Waals surface area contributed by atoms with Crippen LogP contribution >= 0.6 is 22.9 Å². The monoisotopic (exact) mass is 362 g/mol. The summed E-state index contributed by atoms with van der Waals surface area (Å²) in [6.45, 7) is 5.33. The maximum Gasteiger partial charge on any atom is 0.191 e. The number of aryl methyl sites for hydroxylation is 2. The lowest BCUT2D eigenvalue weighted by atomic mass is 10.4. The lowest BCUT2D eigenvalue weighted by Crippen LogP contribution is -2.36. The number of pyridine rings is 1. The lowest BCUT2D eigenvalue weighted by molar-refractivity contribution is 0.800. The lowest BCUT2D eigenvalue weighted by Gasteiger charge is -2.10. The number of thiazole rings is 1. The van der Waals surface area contributed by atoms with Gasteiger partial charge in [0.25, 0.3) is 0 Å². The van der Waals surface area contributed by atoms with E-state index in [9.17, 15) is 0 Å². The largest absolute Gasteiger partial charge is 0.351 e. The molecule has 0 atom stereocenters. The first-order chi connectivity index (χ1) is 11.5. The number of fused-ring (bicyclic) bond motifs is 1. The van der Waals surface area contributed by atoms with Gasteiger partial charge in [-0.3, -0.25) is 4.99 Å². The van der Waals surface area contributed by atoms with E-state index in [-0.39, 0.29) is 0 Å². The summed E-state index contributed by atoms with van der Waals surface area (Å²) >= 11 is 7.70. The molecule has 0 saturated carbocycles. The van der Waals surface area contributed by atoms with Crippen LogP contribution < -0.4 is 10.6 Å². The van der Waals surface area contributed by atoms with Gasteiger partial charge in [0.1, 0.15) is 5.65 Å². The molecular formula is C16H19ClN6S. The van der Waals surface area contributed by atoms with Gasteiger partial charge in [-0.2, -0.15) is 0 Å². The van der Waals surface area contributed by atoms with Crippen molar-refractivity contribution in [1.82, 2.24) is 25.0 Å². The van der Waals surface area contributed by atoms with Crippen molar-refractivity contribution in [2.24, 2.45) is 4.99 Å². The molecule has 0 radical (unpaired) electrons. The standard InChI is InChI=1S/C16H19ClN6S/c1-10-14(24-11(2)21-10)7-20-16(18-3)19-6-13-9-23-8-12(17)4-5-15(23)22-13/h4-5,8-9H,6-7H2,1-3H3,(H2,18,19,20). The van der Waals surface area contributed by atoms with Crippen molar-refractivity contribution in [3.05, 3.63) is 50.8 Å². The predicted octanol–water partition coefficient (Wildman–Crippen LogP) is 2.93. The number of hydrogen-bond donors (Lipinski definition) is 2. The molecule has 24 heavy (non-hydrogen) atoms. The Balaban J connectivity index is 1.59. The maximum absolute atomic E-state index is 5.99. The average molecular weight is 363 g/mol. The van der Waals surface area contributed by atoms with Crippen molar-refractivity contribution in [2.45, 2.75) is 26.9 Å². The first kappa shape index (κ1) is 16.7. The molecule has 3 aromatic heterocycles. The van der Waals surface area contributed by atoms with E-state index >= 15 is 0 Å². The van der Waals surface area contributed by atoms with Crippen LogP contribution in [0.5, 0.6) is 0 Å². The topological polar surface area (TPSA) is 66.6 Å². The highest BCUT2D eigenvalue weighted by Gasteiger charge is 2.07. The normalized spacial score (nSPS) is 11.9. The van der Waals surface area contributed by atoms with Crippen LogP contribution in [-0.4, -0.2) is 27.4 Å². The van der Waals surface area contributed by atoms with E-state index in [2.05, 4.69) is 25.6 Å². The smallest absolute Gasteiger partial charge is 0.191 e. The molecule has 0 aliphatic rings. The Morgan fingerprint density at radius 1 is 1.21 bits per heavy atom. The van der Waals surface area contributed by atoms with Crippen molar-refractivity contribution in [3.63, 3.8) is 0 Å². The summed E-state index contributed by atoms with van der Waals surface area (Å²) in [6, 6.07) is 3.73. The highest BCUT2D eigenvalue weighted by molar-refractivity contribution is 7.11. The Morgan fingerprint density at radius 2 is 2.00 bits per heavy atom. The van der Waals surface area contributed by atoms with E-state index < -0.39 is 0 Å². The van der Waals surface area contributed by atoms with Crippen molar-refractivity contribution in [3.8, 4) is 0 Å². The number of imidazole rings is 1. The van der Waals surface area contributed by atoms with Crippen LogP contribution in [0.15, 0.2) is 29.5 Å². The molecule has 0 aliphatic carbocycles. The molecule has 0 saturated heterocycles. The fraction of sp³-hybridized carbons (Fsp3) is 0.312. The first-order valence-electron chi connectivity index (χ1n) is 7.55. The van der Waals surface area contributed by atoms with Gasteiger partial charge in [0.2, 0.25) is 0 Å². The summed E-state index contributed by atoms with van der Waals surface area (Å²) in [5, 5.41) is 8.35. The van der Waals surface area contributed by atoms with Crippen molar-refractivity contribution >= 4 is 34.5 Å². The van der Waals surface area contributed by atoms with Crippen molar-refractivity contribution in [1.29, 1.82) is 0 Å². The summed E-state index contributed by atoms with van der Waals surface area (Å²) in [4.78, 5) is 14.4. The molecule has 8 heteroatoms. The zero-order chi connectivity index (χ0) is 17.1. The van der Waals surface area contributed by atoms with Gasteiger partial charge in [0.15, 0.2) is 5.96 Å². The van der Waals surface area contributed by atoms with E-state index in [1.165, 1.54) is 4.88 Å². The highest BCUT2D eigenvalue weighted by Crippen LogP contribution is 2.16. The molecule has 0 fully saturated rings. The van der Waals surface area contributed by atoms with E-state index in [0.717, 1.165) is 28.0 Å². The fourth-order valence-corrected chi connectivity index (χ4v) is 3.44. The number of hydrogen-bond acceptors (Lipinski definition) is 4. The van der Waals surface area contributed by atoms with Crippen LogP contribution in [0.2, 0.25) is 5.02 Å². The van der Waals surface area contributed by atoms with E-state index in [1.54, 1.807) is 18.4 Å². The van der Waals surface area contributed by atoms with Crippen LogP contribution in [0.1, 0.15) is 21.3 Å². The van der Waals surface area contributed by atoms with Crippen molar-refractivity contribution < 1.29 is 0 Å². The summed E-state index contributed by atoms with van der Waals surface area (Å²) in [7, 11) is 1.75. The average Bonchev–Trinajstić information content (AvgIpc) is 3.09. The zero-order valence-corrected chi connectivity index (χ0v) is 15.4. The number of rotatable bonds is 4. The molecular weight excluding hydrogens is 344 g/mol. The van der Waals surface area contributed by atoms with Gasteiger partial charge >= 0.3 is 0 Å². The number of nitrogens with zero attached hydrogens (tertiary/aromatic N) is 4. The molecule has 0 amide bonds. The first-order valence-corrected chi connectivity index (χ1v) is 8.75. The molecule has 126 valence electrons. The number of halogens is 1. The SMILES string of the molecule is CN=C(NCc1cn2cc(Cl)ccc2n1)NCc1sc(C)nc1C. The van der Waals surface area contributed by atoms with Crippen LogP contribution in [-0.2, 0) is 13.1 Å². The minimum Gasteiger partial charge on any atom is -0.351 e. The minimum absolute atomic E-state index is 0.583. The summed E-state index contributed by atoms with van der Waals surface area (Å²) in [5.74, 6) is 0.732. The third-order valence-corrected chi connectivity index (χ3v) is 4.84. The number of aromatic nitrogens is 3. The molecule has 3 heterocycles. The molecule has 3 aromatic rings. The Hall–Kier alpha value is -2.12. The van der Waals surface area contributed by atoms with E-state index in [0.29, 0.717) is 18.1 Å². The highest BCUT2D eigenvalue weighted by atomic mass is 35.5. The molecule has 3 rings (SSSR count). The maximum atomic E-state index is 5.99. The second-order valence-electron chi connectivity index (χ2n) is 5.37. The third kappa shape index (κ3) is 3.85. The predicted molar refractivity (Wildman–Crippen MR) is 98.8 cm³/mol. The van der Waals surface area contributed by atoms with Crippen molar-refractivity contribution in [2.75, 3.05) is 7.05 Å². The number of nitrogens with one attached hydrogen (secondary N) is 2. The van der Waals surface area contributed by atoms with Gasteiger partial charge in [0, 0.05) is 24.3 Å². The molecule has 0 bridgehead atoms. The van der Waals surface area contributed by atoms with Gasteiger partial charge < -0.3 is 15.0 Å². The Morgan fingerprint density at radius 3 is 2.71 bits per heavy atom. The zero-order valence-electron chi connectivity index (χ0n) is 13.8. The fourth-order valence-electron chi connectivity index (χ4n) is 2.40. The number of guanidine groups is 1. The second-order valence-corrected chi connectivity index (χ2v) is 7.09. The minimum atomic E-state index is 0.583. The van der Waals surface area contributed by atoms with Crippen LogP contribution in [0.3, 0.4) is 0 Å². The Bertz CT molecular complexity index is 882. The molecule has 0 spiro atoms. The molecule has 0 aromatic carbocycles. The van der Waals surface area contributed by atoms with Gasteiger partial charge in [0.05, 0.1) is 34.5 Å². The van der Waals surface area contributed by atoms with Crippen LogP contribution in [0, 0.1) is 13.8 Å². The second kappa shape index (κ2) is 7.19. The van der Waals surface area contributed by atoms with Gasteiger partial charge in [-0.25, -0.2) is 9.97 Å². The van der Waals surface area contributed by atoms with Gasteiger partial charge in [-0.05, 0) is 26.0 Å². The Kier molecular flexibility index (Phi) is 5.01. The van der Waals surface area contributed by atoms with Crippen LogP contribution in [0.25, 0.3) is 5.65 Å². The molecule has 2 N–H and O–H groups in total. The van der Waals surface area contributed by atoms with Crippen LogP contribution in [0.4, 0.5) is 0 Å². The van der Waals surface area contributed by atoms with Gasteiger partial charge in [-0.1, -0.05) is 11.6 Å². The third-order valence-electron chi connectivity index (χ3n) is 3.54. The van der Waals surface area contributed by atoms with Gasteiger partial charge in [-0.15, -0.1) is 11.3 Å². The Labute approximate surface area is 149 Å². The molecule has 6 nitrogen and oxygen atoms in total. The molecule has 0 unspecified atom stereocenters. The summed E-state index contributed by atoms with van der Waals surface area (Å²) in [5.41, 5.74) is 2.86. The van der Waals surface area contributed by atoms with E-state index in [4.69, 9.17) is 11.6 Å².